The van der Waals surface area contributed by atoms with Gasteiger partial charge in [0, 0.05) is 5.02 Å². The number of methoxy groups -OCH3 is 1. The van der Waals surface area contributed by atoms with Crippen molar-refractivity contribution in [3.63, 3.8) is 0 Å². The Balaban J connectivity index is 1.98. The number of rotatable bonds is 4. The number of thiophene rings is 1. The smallest absolute Gasteiger partial charge is 0.348 e. The lowest BCUT2D eigenvalue weighted by Gasteiger charge is -2.15. The summed E-state index contributed by atoms with van der Waals surface area (Å²) in [4.78, 5) is 42.4. The van der Waals surface area contributed by atoms with Crippen molar-refractivity contribution < 1.29 is 14.3 Å². The number of fused-ring (bicyclic) bond motifs is 1. The zero-order valence-electron chi connectivity index (χ0n) is 15.1. The minimum Gasteiger partial charge on any atom is -0.465 e. The fourth-order valence-corrected chi connectivity index (χ4v) is 4.05. The minimum atomic E-state index is -0.875. The zero-order valence-corrected chi connectivity index (χ0v) is 17.4. The van der Waals surface area contributed by atoms with Gasteiger partial charge in [-0.05, 0) is 37.6 Å². The molecule has 0 saturated heterocycles. The average molecular weight is 440 g/mol. The van der Waals surface area contributed by atoms with Crippen LogP contribution >= 0.6 is 34.5 Å². The van der Waals surface area contributed by atoms with E-state index in [1.165, 1.54) is 24.1 Å². The molecule has 3 rings (SSSR count). The van der Waals surface area contributed by atoms with Crippen molar-refractivity contribution in [3.05, 3.63) is 55.4 Å². The van der Waals surface area contributed by atoms with E-state index in [4.69, 9.17) is 27.9 Å². The third-order valence-electron chi connectivity index (χ3n) is 4.23. The maximum absolute atomic E-state index is 12.9. The summed E-state index contributed by atoms with van der Waals surface area (Å²) in [6.45, 7) is 3.21. The van der Waals surface area contributed by atoms with Crippen molar-refractivity contribution >= 4 is 62.3 Å². The number of carbonyl (C=O) groups is 2. The molecule has 0 bridgehead atoms. The Bertz CT molecular complexity index is 1160. The van der Waals surface area contributed by atoms with Crippen LogP contribution < -0.4 is 10.9 Å². The maximum Gasteiger partial charge on any atom is 0.348 e. The molecular formula is C18H15Cl2N3O4S. The van der Waals surface area contributed by atoms with Gasteiger partial charge in [-0.25, -0.2) is 9.78 Å². The number of hydrogen-bond acceptors (Lipinski definition) is 6. The lowest BCUT2D eigenvalue weighted by Crippen LogP contribution is -2.31. The Labute approximate surface area is 173 Å². The van der Waals surface area contributed by atoms with E-state index in [1.807, 2.05) is 0 Å². The summed E-state index contributed by atoms with van der Waals surface area (Å²) in [5.41, 5.74) is 0.394. The van der Waals surface area contributed by atoms with E-state index in [1.54, 1.807) is 26.0 Å². The lowest BCUT2D eigenvalue weighted by atomic mass is 10.2. The van der Waals surface area contributed by atoms with E-state index in [2.05, 4.69) is 10.3 Å². The van der Waals surface area contributed by atoms with Crippen LogP contribution in [0.3, 0.4) is 0 Å². The van der Waals surface area contributed by atoms with Crippen LogP contribution in [0.4, 0.5) is 5.69 Å². The quantitative estimate of drug-likeness (QED) is 0.618. The first-order valence-electron chi connectivity index (χ1n) is 8.09. The largest absolute Gasteiger partial charge is 0.465 e. The molecule has 0 saturated carbocycles. The van der Waals surface area contributed by atoms with E-state index in [-0.39, 0.29) is 5.39 Å². The fourth-order valence-electron chi connectivity index (χ4n) is 2.66. The number of carbonyl (C=O) groups excluding carboxylic acids is 2. The SMILES string of the molecule is COC(=O)c1sc2ncn(C(C)C(=O)Nc3cc(Cl)ccc3Cl)c(=O)c2c1C. The van der Waals surface area contributed by atoms with Gasteiger partial charge >= 0.3 is 5.97 Å². The van der Waals surface area contributed by atoms with Crippen molar-refractivity contribution in [2.75, 3.05) is 12.4 Å². The van der Waals surface area contributed by atoms with Gasteiger partial charge in [0.05, 0.1) is 29.5 Å². The van der Waals surface area contributed by atoms with Gasteiger partial charge in [0.25, 0.3) is 5.56 Å². The number of hydrogen-bond donors (Lipinski definition) is 1. The van der Waals surface area contributed by atoms with Crippen molar-refractivity contribution in [2.45, 2.75) is 19.9 Å². The summed E-state index contributed by atoms with van der Waals surface area (Å²) in [5, 5.41) is 3.68. The molecule has 7 nitrogen and oxygen atoms in total. The van der Waals surface area contributed by atoms with Gasteiger partial charge in [0.2, 0.25) is 5.91 Å². The van der Waals surface area contributed by atoms with Crippen LogP contribution in [-0.2, 0) is 9.53 Å². The monoisotopic (exact) mass is 439 g/mol. The first kappa shape index (κ1) is 20.3. The summed E-state index contributed by atoms with van der Waals surface area (Å²) in [6.07, 6.45) is 1.28. The summed E-state index contributed by atoms with van der Waals surface area (Å²) < 4.78 is 5.94. The number of aromatic nitrogens is 2. The number of halogens is 2. The summed E-state index contributed by atoms with van der Waals surface area (Å²) in [7, 11) is 1.27. The molecule has 1 atom stereocenters. The molecule has 2 aromatic heterocycles. The highest BCUT2D eigenvalue weighted by atomic mass is 35.5. The van der Waals surface area contributed by atoms with Crippen LogP contribution in [0.15, 0.2) is 29.3 Å². The second-order valence-corrected chi connectivity index (χ2v) is 7.82. The van der Waals surface area contributed by atoms with Crippen molar-refractivity contribution in [1.29, 1.82) is 0 Å². The highest BCUT2D eigenvalue weighted by Crippen LogP contribution is 2.28. The van der Waals surface area contributed by atoms with Crippen LogP contribution in [0.1, 0.15) is 28.2 Å². The average Bonchev–Trinajstić information content (AvgIpc) is 3.01. The molecule has 1 unspecified atom stereocenters. The Kier molecular flexibility index (Phi) is 5.74. The lowest BCUT2D eigenvalue weighted by molar-refractivity contribution is -0.118. The van der Waals surface area contributed by atoms with E-state index in [9.17, 15) is 14.4 Å². The third kappa shape index (κ3) is 3.63. The number of aryl methyl sites for hydroxylation is 1. The van der Waals surface area contributed by atoms with Crippen LogP contribution in [0.2, 0.25) is 10.0 Å². The fraction of sp³-hybridized carbons (Fsp3) is 0.222. The highest BCUT2D eigenvalue weighted by Gasteiger charge is 2.23. The van der Waals surface area contributed by atoms with Gasteiger partial charge in [0.1, 0.15) is 15.7 Å². The number of anilines is 1. The van der Waals surface area contributed by atoms with Gasteiger partial charge in [-0.1, -0.05) is 23.2 Å². The number of amides is 1. The van der Waals surface area contributed by atoms with Gasteiger partial charge in [0.15, 0.2) is 0 Å². The minimum absolute atomic E-state index is 0.285. The molecule has 0 aliphatic carbocycles. The van der Waals surface area contributed by atoms with E-state index in [0.717, 1.165) is 11.3 Å². The number of benzene rings is 1. The first-order chi connectivity index (χ1) is 13.2. The summed E-state index contributed by atoms with van der Waals surface area (Å²) >= 11 is 13.1. The van der Waals surface area contributed by atoms with Gasteiger partial charge in [-0.15, -0.1) is 11.3 Å². The zero-order chi connectivity index (χ0) is 20.6. The Morgan fingerprint density at radius 3 is 2.71 bits per heavy atom. The molecule has 0 aliphatic heterocycles. The second kappa shape index (κ2) is 7.90. The Morgan fingerprint density at radius 2 is 2.04 bits per heavy atom. The first-order valence-corrected chi connectivity index (χ1v) is 9.66. The molecule has 2 heterocycles. The number of nitrogens with zero attached hydrogens (tertiary/aromatic N) is 2. The summed E-state index contributed by atoms with van der Waals surface area (Å²) in [5.74, 6) is -0.999. The van der Waals surface area contributed by atoms with Crippen molar-refractivity contribution in [3.8, 4) is 0 Å². The molecule has 28 heavy (non-hydrogen) atoms. The molecule has 3 aromatic rings. The molecule has 10 heteroatoms. The molecular weight excluding hydrogens is 425 g/mol. The number of esters is 1. The number of nitrogens with one attached hydrogen (secondary N) is 1. The predicted octanol–water partition coefficient (Wildman–Crippen LogP) is 4.06. The van der Waals surface area contributed by atoms with Crippen LogP contribution in [0.5, 0.6) is 0 Å². The molecule has 0 spiro atoms. The highest BCUT2D eigenvalue weighted by molar-refractivity contribution is 7.20. The van der Waals surface area contributed by atoms with Crippen LogP contribution in [-0.4, -0.2) is 28.5 Å². The Hall–Kier alpha value is -2.42. The normalized spacial score (nSPS) is 12.0. The maximum atomic E-state index is 12.9. The molecule has 1 aromatic carbocycles. The number of ether oxygens (including phenoxy) is 1. The molecule has 146 valence electrons. The van der Waals surface area contributed by atoms with Gasteiger partial charge in [-0.3, -0.25) is 14.2 Å². The molecule has 0 aliphatic rings. The van der Waals surface area contributed by atoms with E-state index in [0.29, 0.717) is 31.0 Å². The molecule has 1 amide bonds. The standard InChI is InChI=1S/C18H15Cl2N3O4S/c1-8-13-16(28-14(8)18(26)27-3)21-7-23(17(13)25)9(2)15(24)22-12-6-10(19)4-5-11(12)20/h4-7,9H,1-3H3,(H,22,24). The summed E-state index contributed by atoms with van der Waals surface area (Å²) in [6, 6.07) is 3.81. The van der Waals surface area contributed by atoms with Crippen LogP contribution in [0.25, 0.3) is 10.2 Å². The topological polar surface area (TPSA) is 90.3 Å². The van der Waals surface area contributed by atoms with Crippen molar-refractivity contribution in [2.24, 2.45) is 0 Å². The predicted molar refractivity (Wildman–Crippen MR) is 110 cm³/mol. The van der Waals surface area contributed by atoms with Gasteiger partial charge < -0.3 is 10.1 Å². The third-order valence-corrected chi connectivity index (χ3v) is 5.97. The van der Waals surface area contributed by atoms with E-state index < -0.39 is 23.5 Å². The van der Waals surface area contributed by atoms with Crippen LogP contribution in [0, 0.1) is 6.92 Å². The second-order valence-electron chi connectivity index (χ2n) is 5.97. The molecule has 0 radical (unpaired) electrons. The Morgan fingerprint density at radius 1 is 1.32 bits per heavy atom. The van der Waals surface area contributed by atoms with E-state index >= 15 is 0 Å². The molecule has 1 N–H and O–H groups in total. The van der Waals surface area contributed by atoms with Crippen molar-refractivity contribution in [1.82, 2.24) is 9.55 Å². The molecule has 0 fully saturated rings. The van der Waals surface area contributed by atoms with Gasteiger partial charge in [-0.2, -0.15) is 0 Å².